The molecular formula is C19H15F2N3O. The Labute approximate surface area is 142 Å². The van der Waals surface area contributed by atoms with Crippen LogP contribution in [0.3, 0.4) is 0 Å². The summed E-state index contributed by atoms with van der Waals surface area (Å²) in [6.07, 6.45) is 2.79. The molecule has 126 valence electrons. The first-order chi connectivity index (χ1) is 12.1. The highest BCUT2D eigenvalue weighted by molar-refractivity contribution is 5.91. The molecule has 25 heavy (non-hydrogen) atoms. The lowest BCUT2D eigenvalue weighted by molar-refractivity contribution is 0.571. The van der Waals surface area contributed by atoms with Crippen LogP contribution in [0.25, 0.3) is 22.0 Å². The van der Waals surface area contributed by atoms with Crippen molar-refractivity contribution in [3.05, 3.63) is 76.2 Å². The van der Waals surface area contributed by atoms with Crippen LogP contribution in [0.2, 0.25) is 0 Å². The first-order valence-corrected chi connectivity index (χ1v) is 8.03. The summed E-state index contributed by atoms with van der Waals surface area (Å²) in [6.45, 7) is 1.53. The highest BCUT2D eigenvalue weighted by atomic mass is 19.1. The molecule has 4 rings (SSSR count). The van der Waals surface area contributed by atoms with Crippen molar-refractivity contribution in [2.24, 2.45) is 0 Å². The number of nitrogens with zero attached hydrogens (tertiary/aromatic N) is 2. The summed E-state index contributed by atoms with van der Waals surface area (Å²) in [5.74, 6) is -1.52. The van der Waals surface area contributed by atoms with E-state index in [2.05, 4.69) is 10.4 Å². The largest absolute Gasteiger partial charge is 0.313 e. The normalized spacial score (nSPS) is 14.6. The molecule has 2 aromatic carbocycles. The lowest BCUT2D eigenvalue weighted by Crippen LogP contribution is -2.25. The van der Waals surface area contributed by atoms with Gasteiger partial charge in [0.25, 0.3) is 5.56 Å². The van der Waals surface area contributed by atoms with E-state index in [1.54, 1.807) is 12.1 Å². The van der Waals surface area contributed by atoms with Crippen LogP contribution in [0.15, 0.2) is 53.3 Å². The van der Waals surface area contributed by atoms with Gasteiger partial charge in [-0.1, -0.05) is 24.3 Å². The maximum Gasteiger partial charge on any atom is 0.279 e. The number of fused-ring (bicyclic) bond motifs is 1. The van der Waals surface area contributed by atoms with Crippen molar-refractivity contribution in [3.8, 4) is 5.69 Å². The van der Waals surface area contributed by atoms with Crippen LogP contribution in [-0.2, 0) is 0 Å². The highest BCUT2D eigenvalue weighted by Crippen LogP contribution is 2.25. The van der Waals surface area contributed by atoms with Gasteiger partial charge in [-0.05, 0) is 36.7 Å². The molecule has 1 aliphatic heterocycles. The van der Waals surface area contributed by atoms with Gasteiger partial charge >= 0.3 is 0 Å². The van der Waals surface area contributed by atoms with Crippen molar-refractivity contribution in [2.75, 3.05) is 13.1 Å². The zero-order chi connectivity index (χ0) is 17.4. The molecule has 0 saturated carbocycles. The number of hydrogen-bond acceptors (Lipinski definition) is 3. The van der Waals surface area contributed by atoms with Gasteiger partial charge in [0.1, 0.15) is 11.5 Å². The molecule has 0 saturated heterocycles. The minimum atomic E-state index is -0.824. The highest BCUT2D eigenvalue weighted by Gasteiger charge is 2.17. The average Bonchev–Trinajstić information content (AvgIpc) is 2.64. The maximum absolute atomic E-state index is 14.2. The Morgan fingerprint density at radius 3 is 2.60 bits per heavy atom. The molecule has 0 radical (unpaired) electrons. The number of nitrogens with one attached hydrogen (secondary N) is 1. The third-order valence-electron chi connectivity index (χ3n) is 4.31. The number of halogens is 2. The summed E-state index contributed by atoms with van der Waals surface area (Å²) < 4.78 is 28.5. The second-order valence-corrected chi connectivity index (χ2v) is 5.89. The molecule has 2 heterocycles. The molecule has 3 aromatic rings. The quantitative estimate of drug-likeness (QED) is 0.781. The number of hydrogen-bond donors (Lipinski definition) is 1. The molecular weight excluding hydrogens is 324 g/mol. The van der Waals surface area contributed by atoms with E-state index in [9.17, 15) is 13.6 Å². The standard InChI is InChI=1S/C19H15F2N3O/c20-13-5-6-17(16(21)11-13)24-19(25)15-4-2-1-3-14(15)18(23-24)12-7-9-22-10-8-12/h1-7,11,22H,8-10H2. The van der Waals surface area contributed by atoms with Crippen LogP contribution >= 0.6 is 0 Å². The average molecular weight is 339 g/mol. The number of aromatic nitrogens is 2. The second kappa shape index (κ2) is 6.22. The molecule has 0 fully saturated rings. The fourth-order valence-corrected chi connectivity index (χ4v) is 3.08. The third kappa shape index (κ3) is 2.74. The molecule has 1 aromatic heterocycles. The second-order valence-electron chi connectivity index (χ2n) is 5.89. The molecule has 4 nitrogen and oxygen atoms in total. The minimum absolute atomic E-state index is 0.0621. The summed E-state index contributed by atoms with van der Waals surface area (Å²) in [7, 11) is 0. The van der Waals surface area contributed by atoms with E-state index in [0.29, 0.717) is 11.1 Å². The van der Waals surface area contributed by atoms with Crippen LogP contribution in [-0.4, -0.2) is 22.9 Å². The smallest absolute Gasteiger partial charge is 0.279 e. The lowest BCUT2D eigenvalue weighted by Gasteiger charge is -2.17. The van der Waals surface area contributed by atoms with Gasteiger partial charge in [-0.15, -0.1) is 0 Å². The van der Waals surface area contributed by atoms with Gasteiger partial charge in [0.05, 0.1) is 11.1 Å². The van der Waals surface area contributed by atoms with Crippen molar-refractivity contribution < 1.29 is 8.78 Å². The van der Waals surface area contributed by atoms with Gasteiger partial charge in [0, 0.05) is 18.0 Å². The van der Waals surface area contributed by atoms with E-state index in [1.165, 1.54) is 6.07 Å². The van der Waals surface area contributed by atoms with Crippen molar-refractivity contribution in [1.82, 2.24) is 15.1 Å². The van der Waals surface area contributed by atoms with Gasteiger partial charge in [-0.3, -0.25) is 4.79 Å². The topological polar surface area (TPSA) is 46.9 Å². The Hall–Kier alpha value is -2.86. The molecule has 6 heteroatoms. The van der Waals surface area contributed by atoms with Gasteiger partial charge < -0.3 is 5.32 Å². The van der Waals surface area contributed by atoms with Gasteiger partial charge in [0.15, 0.2) is 5.82 Å². The summed E-state index contributed by atoms with van der Waals surface area (Å²) >= 11 is 0. The first kappa shape index (κ1) is 15.7. The molecule has 0 bridgehead atoms. The van der Waals surface area contributed by atoms with Crippen molar-refractivity contribution in [1.29, 1.82) is 0 Å². The van der Waals surface area contributed by atoms with E-state index in [-0.39, 0.29) is 5.69 Å². The molecule has 0 atom stereocenters. The maximum atomic E-state index is 14.2. The van der Waals surface area contributed by atoms with Crippen molar-refractivity contribution >= 4 is 16.3 Å². The summed E-state index contributed by atoms with van der Waals surface area (Å²) in [5, 5.41) is 8.85. The van der Waals surface area contributed by atoms with E-state index < -0.39 is 17.2 Å². The minimum Gasteiger partial charge on any atom is -0.313 e. The molecule has 1 aliphatic rings. The van der Waals surface area contributed by atoms with Gasteiger partial charge in [-0.25, -0.2) is 8.78 Å². The monoisotopic (exact) mass is 339 g/mol. The zero-order valence-electron chi connectivity index (χ0n) is 13.3. The van der Waals surface area contributed by atoms with E-state index >= 15 is 0 Å². The summed E-state index contributed by atoms with van der Waals surface area (Å²) in [4.78, 5) is 12.8. The van der Waals surface area contributed by atoms with E-state index in [4.69, 9.17) is 0 Å². The lowest BCUT2D eigenvalue weighted by atomic mass is 10.0. The predicted octanol–water partition coefficient (Wildman–Crippen LogP) is 3.04. The predicted molar refractivity (Wildman–Crippen MR) is 92.7 cm³/mol. The zero-order valence-corrected chi connectivity index (χ0v) is 13.3. The molecule has 0 spiro atoms. The summed E-state index contributed by atoms with van der Waals surface area (Å²) in [5.41, 5.74) is 1.17. The van der Waals surface area contributed by atoms with Gasteiger partial charge in [-0.2, -0.15) is 9.78 Å². The summed E-state index contributed by atoms with van der Waals surface area (Å²) in [6, 6.07) is 10.2. The van der Waals surface area contributed by atoms with E-state index in [0.717, 1.165) is 47.3 Å². The Morgan fingerprint density at radius 1 is 1.08 bits per heavy atom. The third-order valence-corrected chi connectivity index (χ3v) is 4.31. The van der Waals surface area contributed by atoms with Crippen molar-refractivity contribution in [3.63, 3.8) is 0 Å². The van der Waals surface area contributed by atoms with Crippen LogP contribution < -0.4 is 10.9 Å². The molecule has 0 unspecified atom stereocenters. The van der Waals surface area contributed by atoms with Crippen molar-refractivity contribution in [2.45, 2.75) is 6.42 Å². The first-order valence-electron chi connectivity index (χ1n) is 8.03. The van der Waals surface area contributed by atoms with Crippen LogP contribution in [0, 0.1) is 11.6 Å². The Kier molecular flexibility index (Phi) is 3.89. The molecule has 0 aliphatic carbocycles. The fourth-order valence-electron chi connectivity index (χ4n) is 3.08. The fraction of sp³-hybridized carbons (Fsp3) is 0.158. The molecule has 1 N–H and O–H groups in total. The Bertz CT molecular complexity index is 1060. The Morgan fingerprint density at radius 2 is 1.88 bits per heavy atom. The number of rotatable bonds is 2. The van der Waals surface area contributed by atoms with Crippen LogP contribution in [0.4, 0.5) is 8.78 Å². The Balaban J connectivity index is 2.04. The SMILES string of the molecule is O=c1c2ccccc2c(C2=CCNCC2)nn1-c1ccc(F)cc1F. The van der Waals surface area contributed by atoms with Crippen LogP contribution in [0.1, 0.15) is 12.1 Å². The van der Waals surface area contributed by atoms with Crippen LogP contribution in [0.5, 0.6) is 0 Å². The number of benzene rings is 2. The molecule has 0 amide bonds. The van der Waals surface area contributed by atoms with Gasteiger partial charge in [0.2, 0.25) is 0 Å². The van der Waals surface area contributed by atoms with E-state index in [1.807, 2.05) is 18.2 Å².